The number of hydrogen-bond acceptors (Lipinski definition) is 5. The van der Waals surface area contributed by atoms with Crippen LogP contribution in [-0.4, -0.2) is 32.6 Å². The molecule has 0 N–H and O–H groups in total. The number of fused-ring (bicyclic) bond motifs is 1. The quantitative estimate of drug-likeness (QED) is 0.447. The number of carbonyl (C=O) groups excluding carboxylic acids is 2. The van der Waals surface area contributed by atoms with E-state index in [1.54, 1.807) is 0 Å². The molecule has 0 bridgehead atoms. The van der Waals surface area contributed by atoms with Gasteiger partial charge in [-0.2, -0.15) is 0 Å². The largest absolute Gasteiger partial charge is 0.386 e. The summed E-state index contributed by atoms with van der Waals surface area (Å²) >= 11 is 0. The van der Waals surface area contributed by atoms with E-state index in [-0.39, 0.29) is 0 Å². The first-order valence-electron chi connectivity index (χ1n) is 10.7. The third kappa shape index (κ3) is 3.36. The summed E-state index contributed by atoms with van der Waals surface area (Å²) in [5.74, 6) is -1.20. The maximum absolute atomic E-state index is 12.6. The van der Waals surface area contributed by atoms with Crippen molar-refractivity contribution in [2.75, 3.05) is 30.4 Å². The molecule has 0 spiro atoms. The molecule has 32 heavy (non-hydrogen) atoms. The van der Waals surface area contributed by atoms with E-state index in [1.165, 1.54) is 16.8 Å². The fourth-order valence-corrected chi connectivity index (χ4v) is 4.45. The summed E-state index contributed by atoms with van der Waals surface area (Å²) < 4.78 is 4.99. The Hall–Kier alpha value is -3.86. The van der Waals surface area contributed by atoms with Crippen molar-refractivity contribution in [3.05, 3.63) is 89.0 Å². The molecule has 2 aliphatic rings. The van der Waals surface area contributed by atoms with Crippen molar-refractivity contribution in [1.29, 1.82) is 0 Å². The number of benzene rings is 3. The molecule has 0 saturated carbocycles. The van der Waals surface area contributed by atoms with E-state index in [0.29, 0.717) is 22.3 Å². The first-order chi connectivity index (χ1) is 15.4. The molecule has 0 radical (unpaired) electrons. The van der Waals surface area contributed by atoms with Crippen LogP contribution < -0.4 is 9.80 Å². The zero-order valence-corrected chi connectivity index (χ0v) is 18.4. The summed E-state index contributed by atoms with van der Waals surface area (Å²) in [5.41, 5.74) is 7.90. The maximum Gasteiger partial charge on any atom is 0.347 e. The Balaban J connectivity index is 1.51. The second-order valence-corrected chi connectivity index (χ2v) is 8.45. The Morgan fingerprint density at radius 1 is 0.812 bits per heavy atom. The average molecular weight is 425 g/mol. The van der Waals surface area contributed by atoms with E-state index in [0.717, 1.165) is 24.3 Å². The molecule has 0 aliphatic carbocycles. The van der Waals surface area contributed by atoms with Crippen molar-refractivity contribution in [1.82, 2.24) is 0 Å². The van der Waals surface area contributed by atoms with Gasteiger partial charge in [-0.3, -0.25) is 0 Å². The Bertz CT molecular complexity index is 1260. The van der Waals surface area contributed by atoms with Gasteiger partial charge in [0.2, 0.25) is 0 Å². The molecule has 5 heteroatoms. The highest BCUT2D eigenvalue weighted by Gasteiger charge is 2.35. The van der Waals surface area contributed by atoms with Crippen LogP contribution in [0.1, 0.15) is 22.3 Å². The minimum Gasteiger partial charge on any atom is -0.386 e. The lowest BCUT2D eigenvalue weighted by atomic mass is 9.96. The summed E-state index contributed by atoms with van der Waals surface area (Å²) in [4.78, 5) is 29.3. The van der Waals surface area contributed by atoms with Crippen LogP contribution in [-0.2, 0) is 20.7 Å². The minimum absolute atomic E-state index is 0.315. The molecule has 3 aromatic rings. The highest BCUT2D eigenvalue weighted by Crippen LogP contribution is 2.38. The monoisotopic (exact) mass is 424 g/mol. The third-order valence-electron chi connectivity index (χ3n) is 6.11. The smallest absolute Gasteiger partial charge is 0.347 e. The maximum atomic E-state index is 12.6. The van der Waals surface area contributed by atoms with Crippen LogP contribution in [0.4, 0.5) is 17.1 Å². The lowest BCUT2D eigenvalue weighted by Gasteiger charge is -2.20. The van der Waals surface area contributed by atoms with E-state index in [4.69, 9.17) is 4.74 Å². The van der Waals surface area contributed by atoms with Crippen LogP contribution in [0.15, 0.2) is 66.7 Å². The fourth-order valence-electron chi connectivity index (χ4n) is 4.45. The molecule has 160 valence electrons. The molecule has 0 aromatic heterocycles. The summed E-state index contributed by atoms with van der Waals surface area (Å²) in [6, 6.07) is 21.9. The number of ether oxygens (including phenoxy) is 1. The Morgan fingerprint density at radius 2 is 1.41 bits per heavy atom. The molecule has 2 heterocycles. The lowest BCUT2D eigenvalue weighted by molar-refractivity contribution is -0.149. The lowest BCUT2D eigenvalue weighted by Crippen LogP contribution is -2.13. The number of cyclic esters (lactones) is 2. The van der Waals surface area contributed by atoms with Crippen LogP contribution in [0.3, 0.4) is 0 Å². The summed E-state index contributed by atoms with van der Waals surface area (Å²) in [7, 11) is 3.91. The fraction of sp³-hybridized carbons (Fsp3) is 0.185. The summed E-state index contributed by atoms with van der Waals surface area (Å²) in [5, 5.41) is 0. The SMILES string of the molecule is Cc1ccc2c(c1)CCN2c1ccc(C2=C(c3ccc(N(C)C)cc3)C(=O)OC2=O)cc1. The van der Waals surface area contributed by atoms with Crippen molar-refractivity contribution >= 4 is 40.1 Å². The first-order valence-corrected chi connectivity index (χ1v) is 10.7. The van der Waals surface area contributed by atoms with Crippen LogP contribution in [0.5, 0.6) is 0 Å². The van der Waals surface area contributed by atoms with Crippen LogP contribution >= 0.6 is 0 Å². The van der Waals surface area contributed by atoms with Crippen LogP contribution in [0.25, 0.3) is 11.1 Å². The van der Waals surface area contributed by atoms with Gasteiger partial charge in [-0.1, -0.05) is 42.0 Å². The number of carbonyl (C=O) groups is 2. The van der Waals surface area contributed by atoms with Crippen molar-refractivity contribution in [3.63, 3.8) is 0 Å². The number of anilines is 3. The first kappa shape index (κ1) is 20.1. The predicted molar refractivity (Wildman–Crippen MR) is 127 cm³/mol. The normalized spacial score (nSPS) is 15.3. The van der Waals surface area contributed by atoms with Gasteiger partial charge >= 0.3 is 11.9 Å². The molecular weight excluding hydrogens is 400 g/mol. The van der Waals surface area contributed by atoms with E-state index in [1.807, 2.05) is 67.5 Å². The number of aryl methyl sites for hydroxylation is 1. The topological polar surface area (TPSA) is 49.9 Å². The van der Waals surface area contributed by atoms with Crippen molar-refractivity contribution < 1.29 is 14.3 Å². The summed E-state index contributed by atoms with van der Waals surface area (Å²) in [6.07, 6.45) is 1.01. The van der Waals surface area contributed by atoms with Crippen LogP contribution in [0.2, 0.25) is 0 Å². The van der Waals surface area contributed by atoms with Gasteiger partial charge in [-0.05, 0) is 60.4 Å². The molecule has 5 rings (SSSR count). The van der Waals surface area contributed by atoms with Gasteiger partial charge in [0.1, 0.15) is 0 Å². The second-order valence-electron chi connectivity index (χ2n) is 8.45. The van der Waals surface area contributed by atoms with Crippen LogP contribution in [0, 0.1) is 6.92 Å². The zero-order valence-electron chi connectivity index (χ0n) is 18.4. The van der Waals surface area contributed by atoms with Gasteiger partial charge in [0.25, 0.3) is 0 Å². The molecule has 0 atom stereocenters. The highest BCUT2D eigenvalue weighted by molar-refractivity contribution is 6.44. The summed E-state index contributed by atoms with van der Waals surface area (Å²) in [6.45, 7) is 3.03. The van der Waals surface area contributed by atoms with Gasteiger partial charge in [0.15, 0.2) is 0 Å². The Labute approximate surface area is 187 Å². The van der Waals surface area contributed by atoms with Gasteiger partial charge in [-0.15, -0.1) is 0 Å². The van der Waals surface area contributed by atoms with Crippen molar-refractivity contribution in [2.45, 2.75) is 13.3 Å². The van der Waals surface area contributed by atoms with Crippen molar-refractivity contribution in [3.8, 4) is 0 Å². The second kappa shape index (κ2) is 7.68. The number of esters is 2. The van der Waals surface area contributed by atoms with E-state index < -0.39 is 11.9 Å². The Kier molecular flexibility index (Phi) is 4.82. The van der Waals surface area contributed by atoms with Gasteiger partial charge in [0.05, 0.1) is 11.1 Å². The Morgan fingerprint density at radius 3 is 2.00 bits per heavy atom. The standard InChI is InChI=1S/C27H24N2O3/c1-17-4-13-23-20(16-17)14-15-29(23)22-11-7-19(8-12-22)25-24(26(30)32-27(25)31)18-5-9-21(10-6-18)28(2)3/h4-13,16H,14-15H2,1-3H3. The molecule has 2 aliphatic heterocycles. The van der Waals surface area contributed by atoms with E-state index >= 15 is 0 Å². The van der Waals surface area contributed by atoms with E-state index in [2.05, 4.69) is 30.0 Å². The van der Waals surface area contributed by atoms with Gasteiger partial charge in [-0.25, -0.2) is 9.59 Å². The van der Waals surface area contributed by atoms with E-state index in [9.17, 15) is 9.59 Å². The molecule has 5 nitrogen and oxygen atoms in total. The number of rotatable bonds is 4. The van der Waals surface area contributed by atoms with Crippen molar-refractivity contribution in [2.24, 2.45) is 0 Å². The minimum atomic E-state index is -0.601. The molecule has 0 saturated heterocycles. The zero-order chi connectivity index (χ0) is 22.4. The highest BCUT2D eigenvalue weighted by atomic mass is 16.6. The predicted octanol–water partition coefficient (Wildman–Crippen LogP) is 4.75. The average Bonchev–Trinajstić information content (AvgIpc) is 3.33. The number of nitrogens with zero attached hydrogens (tertiary/aromatic N) is 2. The van der Waals surface area contributed by atoms with Gasteiger partial charge in [0, 0.05) is 37.7 Å². The molecule has 0 amide bonds. The molecular formula is C27H24N2O3. The molecule has 3 aromatic carbocycles. The third-order valence-corrected chi connectivity index (χ3v) is 6.11. The van der Waals surface area contributed by atoms with Gasteiger partial charge < -0.3 is 14.5 Å². The number of hydrogen-bond donors (Lipinski definition) is 0. The molecule has 0 fully saturated rings. The molecule has 0 unspecified atom stereocenters.